The molecular formula is C14H19N5O2. The predicted octanol–water partition coefficient (Wildman–Crippen LogP) is 2.73. The minimum Gasteiger partial charge on any atom is -0.364 e. The van der Waals surface area contributed by atoms with Crippen LogP contribution in [0.2, 0.25) is 0 Å². The van der Waals surface area contributed by atoms with Crippen LogP contribution in [0.1, 0.15) is 31.1 Å². The molecule has 2 heterocycles. The van der Waals surface area contributed by atoms with Gasteiger partial charge in [-0.05, 0) is 44.9 Å². The van der Waals surface area contributed by atoms with E-state index < -0.39 is 0 Å². The quantitative estimate of drug-likeness (QED) is 0.652. The summed E-state index contributed by atoms with van der Waals surface area (Å²) in [6.45, 7) is 6.15. The van der Waals surface area contributed by atoms with Gasteiger partial charge in [-0.3, -0.25) is 15.1 Å². The standard InChI is InChI=1S/C14H19N5O2/c1-10(2)18-14(13(19(20)21)11(3)17-18)16-9-6-12-4-7-15-8-5-12/h4-5,7-8,10,16H,6,9H2,1-3H3. The van der Waals surface area contributed by atoms with Gasteiger partial charge in [-0.2, -0.15) is 5.10 Å². The van der Waals surface area contributed by atoms with E-state index >= 15 is 0 Å². The molecule has 2 aromatic rings. The van der Waals surface area contributed by atoms with E-state index in [1.165, 1.54) is 0 Å². The highest BCUT2D eigenvalue weighted by molar-refractivity contribution is 5.59. The molecule has 0 amide bonds. The Balaban J connectivity index is 2.16. The van der Waals surface area contributed by atoms with Gasteiger partial charge in [0.2, 0.25) is 5.82 Å². The number of rotatable bonds is 6. The molecule has 2 aromatic heterocycles. The Kier molecular flexibility index (Phi) is 4.52. The Labute approximate surface area is 123 Å². The first kappa shape index (κ1) is 15.0. The molecule has 0 fully saturated rings. The van der Waals surface area contributed by atoms with Crippen LogP contribution in [-0.4, -0.2) is 26.2 Å². The van der Waals surface area contributed by atoms with Gasteiger partial charge >= 0.3 is 5.69 Å². The van der Waals surface area contributed by atoms with Crippen molar-refractivity contribution >= 4 is 11.5 Å². The van der Waals surface area contributed by atoms with E-state index in [0.29, 0.717) is 18.1 Å². The van der Waals surface area contributed by atoms with E-state index in [1.807, 2.05) is 26.0 Å². The van der Waals surface area contributed by atoms with Gasteiger partial charge in [0.05, 0.1) is 4.92 Å². The van der Waals surface area contributed by atoms with Crippen LogP contribution in [0.4, 0.5) is 11.5 Å². The summed E-state index contributed by atoms with van der Waals surface area (Å²) in [5, 5.41) is 18.6. The molecule has 0 unspecified atom stereocenters. The van der Waals surface area contributed by atoms with Crippen molar-refractivity contribution in [3.63, 3.8) is 0 Å². The summed E-state index contributed by atoms with van der Waals surface area (Å²) in [6, 6.07) is 3.92. The van der Waals surface area contributed by atoms with E-state index in [-0.39, 0.29) is 16.7 Å². The van der Waals surface area contributed by atoms with E-state index in [1.54, 1.807) is 24.0 Å². The van der Waals surface area contributed by atoms with Crippen LogP contribution in [0.3, 0.4) is 0 Å². The molecule has 112 valence electrons. The lowest BCUT2D eigenvalue weighted by Gasteiger charge is -2.11. The maximum absolute atomic E-state index is 11.2. The van der Waals surface area contributed by atoms with Crippen molar-refractivity contribution in [1.82, 2.24) is 14.8 Å². The van der Waals surface area contributed by atoms with E-state index in [2.05, 4.69) is 15.4 Å². The molecule has 0 aliphatic carbocycles. The molecule has 0 radical (unpaired) electrons. The van der Waals surface area contributed by atoms with Gasteiger partial charge in [-0.1, -0.05) is 0 Å². The van der Waals surface area contributed by atoms with Crippen LogP contribution in [0.5, 0.6) is 0 Å². The van der Waals surface area contributed by atoms with E-state index in [9.17, 15) is 10.1 Å². The molecule has 21 heavy (non-hydrogen) atoms. The average Bonchev–Trinajstić information content (AvgIpc) is 2.77. The maximum atomic E-state index is 11.2. The number of nitro groups is 1. The molecule has 7 heteroatoms. The van der Waals surface area contributed by atoms with Gasteiger partial charge in [-0.15, -0.1) is 0 Å². The molecule has 0 aliphatic rings. The van der Waals surface area contributed by atoms with Crippen molar-refractivity contribution in [2.45, 2.75) is 33.2 Å². The molecular weight excluding hydrogens is 270 g/mol. The van der Waals surface area contributed by atoms with Crippen LogP contribution >= 0.6 is 0 Å². The lowest BCUT2D eigenvalue weighted by molar-refractivity contribution is -0.384. The molecule has 7 nitrogen and oxygen atoms in total. The minimum atomic E-state index is -0.379. The number of nitrogens with one attached hydrogen (secondary N) is 1. The molecule has 0 saturated carbocycles. The summed E-state index contributed by atoms with van der Waals surface area (Å²) in [5.41, 5.74) is 1.62. The summed E-state index contributed by atoms with van der Waals surface area (Å²) in [5.74, 6) is 0.474. The average molecular weight is 289 g/mol. The fraction of sp³-hybridized carbons (Fsp3) is 0.429. The highest BCUT2D eigenvalue weighted by Gasteiger charge is 2.26. The minimum absolute atomic E-state index is 0.0541. The van der Waals surface area contributed by atoms with Gasteiger partial charge in [0, 0.05) is 25.0 Å². The Morgan fingerprint density at radius 1 is 1.38 bits per heavy atom. The van der Waals surface area contributed by atoms with Crippen molar-refractivity contribution in [1.29, 1.82) is 0 Å². The molecule has 0 bridgehead atoms. The number of aromatic nitrogens is 3. The monoisotopic (exact) mass is 289 g/mol. The Hall–Kier alpha value is -2.44. The molecule has 0 aromatic carbocycles. The topological polar surface area (TPSA) is 85.9 Å². The zero-order valence-corrected chi connectivity index (χ0v) is 12.4. The Morgan fingerprint density at radius 3 is 2.62 bits per heavy atom. The second-order valence-electron chi connectivity index (χ2n) is 5.11. The van der Waals surface area contributed by atoms with Crippen LogP contribution in [0, 0.1) is 17.0 Å². The zero-order chi connectivity index (χ0) is 15.4. The molecule has 0 aliphatic heterocycles. The number of aryl methyl sites for hydroxylation is 1. The normalized spacial score (nSPS) is 10.9. The van der Waals surface area contributed by atoms with Gasteiger partial charge in [0.1, 0.15) is 5.69 Å². The van der Waals surface area contributed by atoms with Gasteiger partial charge in [0.15, 0.2) is 0 Å². The largest absolute Gasteiger partial charge is 0.364 e. The number of hydrogen-bond acceptors (Lipinski definition) is 5. The van der Waals surface area contributed by atoms with Crippen LogP contribution in [0.15, 0.2) is 24.5 Å². The van der Waals surface area contributed by atoms with Crippen molar-refractivity contribution in [3.05, 3.63) is 45.9 Å². The SMILES string of the molecule is Cc1nn(C(C)C)c(NCCc2ccncc2)c1[N+](=O)[O-]. The molecule has 2 rings (SSSR count). The van der Waals surface area contributed by atoms with E-state index in [0.717, 1.165) is 12.0 Å². The van der Waals surface area contributed by atoms with Gasteiger partial charge < -0.3 is 5.32 Å². The number of pyridine rings is 1. The highest BCUT2D eigenvalue weighted by atomic mass is 16.6. The number of hydrogen-bond donors (Lipinski definition) is 1. The maximum Gasteiger partial charge on any atom is 0.333 e. The smallest absolute Gasteiger partial charge is 0.333 e. The molecule has 0 spiro atoms. The molecule has 0 atom stereocenters. The first-order valence-corrected chi connectivity index (χ1v) is 6.87. The Morgan fingerprint density at radius 2 is 2.05 bits per heavy atom. The first-order chi connectivity index (χ1) is 10.0. The molecule has 1 N–H and O–H groups in total. The summed E-state index contributed by atoms with van der Waals surface area (Å²) >= 11 is 0. The summed E-state index contributed by atoms with van der Waals surface area (Å²) < 4.78 is 1.67. The third kappa shape index (κ3) is 3.36. The zero-order valence-electron chi connectivity index (χ0n) is 12.4. The number of nitrogens with zero attached hydrogens (tertiary/aromatic N) is 4. The summed E-state index contributed by atoms with van der Waals surface area (Å²) in [7, 11) is 0. The summed E-state index contributed by atoms with van der Waals surface area (Å²) in [6.07, 6.45) is 4.24. The van der Waals surface area contributed by atoms with Crippen molar-refractivity contribution in [3.8, 4) is 0 Å². The lowest BCUT2D eigenvalue weighted by atomic mass is 10.2. The number of anilines is 1. The highest BCUT2D eigenvalue weighted by Crippen LogP contribution is 2.30. The van der Waals surface area contributed by atoms with Crippen molar-refractivity contribution in [2.75, 3.05) is 11.9 Å². The fourth-order valence-corrected chi connectivity index (χ4v) is 2.17. The van der Waals surface area contributed by atoms with Crippen molar-refractivity contribution in [2.24, 2.45) is 0 Å². The first-order valence-electron chi connectivity index (χ1n) is 6.87. The van der Waals surface area contributed by atoms with Crippen molar-refractivity contribution < 1.29 is 4.92 Å². The van der Waals surface area contributed by atoms with Crippen LogP contribution in [0.25, 0.3) is 0 Å². The van der Waals surface area contributed by atoms with Gasteiger partial charge in [0.25, 0.3) is 0 Å². The molecule has 0 saturated heterocycles. The second-order valence-corrected chi connectivity index (χ2v) is 5.11. The van der Waals surface area contributed by atoms with E-state index in [4.69, 9.17) is 0 Å². The van der Waals surface area contributed by atoms with Crippen LogP contribution < -0.4 is 5.32 Å². The predicted molar refractivity (Wildman–Crippen MR) is 80.4 cm³/mol. The fourth-order valence-electron chi connectivity index (χ4n) is 2.17. The summed E-state index contributed by atoms with van der Waals surface area (Å²) in [4.78, 5) is 14.8. The third-order valence-corrected chi connectivity index (χ3v) is 3.18. The second kappa shape index (κ2) is 6.34. The Bertz CT molecular complexity index is 622. The van der Waals surface area contributed by atoms with Gasteiger partial charge in [-0.25, -0.2) is 4.68 Å². The lowest BCUT2D eigenvalue weighted by Crippen LogP contribution is -2.13. The van der Waals surface area contributed by atoms with Crippen LogP contribution in [-0.2, 0) is 6.42 Å². The third-order valence-electron chi connectivity index (χ3n) is 3.18.